The minimum atomic E-state index is -0.555. The SMILES string of the molecule is CCC(C)(C)C(=O)OC12CC3CC(CC(O)(C3)C1)C2.CCC(C)(C)C(=O)OC1C2CC3C(=O)OC1C3C2.CCC(C)(C)C(=O)OCOC1C2CC3CC(C2)C(=O)C1C3. The van der Waals surface area contributed by atoms with Gasteiger partial charge in [-0.1, -0.05) is 20.8 Å². The third-order valence-corrected chi connectivity index (χ3v) is 16.8. The van der Waals surface area contributed by atoms with Gasteiger partial charge in [-0.3, -0.25) is 24.0 Å². The van der Waals surface area contributed by atoms with E-state index in [1.165, 1.54) is 12.8 Å². The zero-order valence-corrected chi connectivity index (χ0v) is 36.8. The van der Waals surface area contributed by atoms with Crippen LogP contribution in [0.15, 0.2) is 0 Å². The van der Waals surface area contributed by atoms with Crippen molar-refractivity contribution in [3.05, 3.63) is 0 Å². The Morgan fingerprint density at radius 2 is 1.29 bits per heavy atom. The molecule has 12 atom stereocenters. The molecule has 0 spiro atoms. The average molecular weight is 813 g/mol. The molecule has 12 unspecified atom stereocenters. The summed E-state index contributed by atoms with van der Waals surface area (Å²) in [5.41, 5.74) is -2.25. The van der Waals surface area contributed by atoms with Gasteiger partial charge in [0.1, 0.15) is 23.6 Å². The highest BCUT2D eigenvalue weighted by Gasteiger charge is 2.64. The Balaban J connectivity index is 0.000000133. The zero-order chi connectivity index (χ0) is 42.2. The number of ether oxygens (including phenoxy) is 5. The molecule has 0 aromatic carbocycles. The summed E-state index contributed by atoms with van der Waals surface area (Å²) < 4.78 is 28.1. The monoisotopic (exact) mass is 813 g/mol. The molecule has 1 aliphatic heterocycles. The number of aliphatic hydroxyl groups is 1. The van der Waals surface area contributed by atoms with E-state index >= 15 is 0 Å². The van der Waals surface area contributed by atoms with Crippen molar-refractivity contribution in [1.82, 2.24) is 0 Å². The molecule has 0 radical (unpaired) electrons. The molecule has 10 bridgehead atoms. The molecule has 1 N–H and O–H groups in total. The zero-order valence-electron chi connectivity index (χ0n) is 36.8. The Kier molecular flexibility index (Phi) is 11.8. The molecule has 11 fully saturated rings. The van der Waals surface area contributed by atoms with Crippen molar-refractivity contribution in [3.8, 4) is 0 Å². The molecular formula is C47H72O11. The van der Waals surface area contributed by atoms with E-state index in [1.807, 2.05) is 62.3 Å². The maximum Gasteiger partial charge on any atom is 0.313 e. The van der Waals surface area contributed by atoms with Crippen LogP contribution in [0.2, 0.25) is 0 Å². The van der Waals surface area contributed by atoms with Crippen LogP contribution in [0.3, 0.4) is 0 Å². The molecular weight excluding hydrogens is 741 g/mol. The lowest BCUT2D eigenvalue weighted by molar-refractivity contribution is -0.225. The number of rotatable bonds is 11. The van der Waals surface area contributed by atoms with Crippen LogP contribution < -0.4 is 0 Å². The molecule has 1 heterocycles. The van der Waals surface area contributed by atoms with Crippen LogP contribution >= 0.6 is 0 Å². The fourth-order valence-electron chi connectivity index (χ4n) is 12.6. The van der Waals surface area contributed by atoms with Gasteiger partial charge in [-0.25, -0.2) is 0 Å². The summed E-state index contributed by atoms with van der Waals surface area (Å²) in [7, 11) is 0. The van der Waals surface area contributed by atoms with Crippen molar-refractivity contribution >= 4 is 29.7 Å². The number of esters is 4. The third kappa shape index (κ3) is 8.26. The Hall–Kier alpha value is -2.53. The molecule has 58 heavy (non-hydrogen) atoms. The second kappa shape index (κ2) is 15.7. The summed E-state index contributed by atoms with van der Waals surface area (Å²) in [5, 5.41) is 10.6. The van der Waals surface area contributed by atoms with Crippen molar-refractivity contribution in [2.75, 3.05) is 6.79 Å². The molecule has 0 aromatic heterocycles. The van der Waals surface area contributed by atoms with Gasteiger partial charge in [-0.15, -0.1) is 0 Å². The van der Waals surface area contributed by atoms with E-state index < -0.39 is 21.8 Å². The van der Waals surface area contributed by atoms with E-state index in [2.05, 4.69) is 0 Å². The number of fused-ring (bicyclic) bond motifs is 1. The first-order valence-electron chi connectivity index (χ1n) is 22.8. The third-order valence-electron chi connectivity index (χ3n) is 16.8. The molecule has 11 nitrogen and oxygen atoms in total. The molecule has 11 rings (SSSR count). The van der Waals surface area contributed by atoms with Gasteiger partial charge in [0.2, 0.25) is 0 Å². The Labute approximate surface area is 346 Å². The number of carbonyl (C=O) groups is 5. The van der Waals surface area contributed by atoms with E-state index in [0.29, 0.717) is 41.8 Å². The maximum absolute atomic E-state index is 12.4. The van der Waals surface area contributed by atoms with Crippen LogP contribution in [0, 0.1) is 69.5 Å². The second-order valence-electron chi connectivity index (χ2n) is 22.2. The van der Waals surface area contributed by atoms with Crippen LogP contribution in [0.1, 0.15) is 159 Å². The molecule has 11 aliphatic rings. The summed E-state index contributed by atoms with van der Waals surface area (Å²) in [6, 6.07) is 0. The fourth-order valence-corrected chi connectivity index (χ4v) is 12.6. The van der Waals surface area contributed by atoms with Crippen molar-refractivity contribution in [3.63, 3.8) is 0 Å². The van der Waals surface area contributed by atoms with Gasteiger partial charge in [0.15, 0.2) is 6.79 Å². The van der Waals surface area contributed by atoms with Crippen LogP contribution in [-0.4, -0.2) is 71.1 Å². The highest BCUT2D eigenvalue weighted by atomic mass is 16.7. The first kappa shape index (κ1) is 43.6. The topological polar surface area (TPSA) is 152 Å². The molecule has 10 aliphatic carbocycles. The second-order valence-corrected chi connectivity index (χ2v) is 22.2. The normalized spacial score (nSPS) is 41.0. The lowest BCUT2D eigenvalue weighted by Crippen LogP contribution is -2.61. The van der Waals surface area contributed by atoms with Gasteiger partial charge in [0, 0.05) is 30.1 Å². The summed E-state index contributed by atoms with van der Waals surface area (Å²) in [6.45, 7) is 17.4. The summed E-state index contributed by atoms with van der Waals surface area (Å²) >= 11 is 0. The lowest BCUT2D eigenvalue weighted by Gasteiger charge is -2.59. The molecule has 10 saturated carbocycles. The maximum atomic E-state index is 12.4. The van der Waals surface area contributed by atoms with Crippen LogP contribution in [0.5, 0.6) is 0 Å². The minimum absolute atomic E-state index is 0.0114. The van der Waals surface area contributed by atoms with E-state index in [0.717, 1.165) is 83.0 Å². The minimum Gasteiger partial charge on any atom is -0.459 e. The molecule has 0 aromatic rings. The van der Waals surface area contributed by atoms with Crippen molar-refractivity contribution in [2.45, 2.75) is 188 Å². The summed E-state index contributed by atoms with van der Waals surface area (Å²) in [4.78, 5) is 60.4. The quantitative estimate of drug-likeness (QED) is 0.123. The van der Waals surface area contributed by atoms with Crippen LogP contribution in [0.4, 0.5) is 0 Å². The van der Waals surface area contributed by atoms with Crippen molar-refractivity contribution in [1.29, 1.82) is 0 Å². The van der Waals surface area contributed by atoms with Crippen LogP contribution in [-0.2, 0) is 47.7 Å². The van der Waals surface area contributed by atoms with Gasteiger partial charge in [0.05, 0.1) is 33.9 Å². The number of ketones is 1. The number of hydrogen-bond acceptors (Lipinski definition) is 11. The predicted molar refractivity (Wildman–Crippen MR) is 213 cm³/mol. The van der Waals surface area contributed by atoms with Crippen molar-refractivity contribution < 1.29 is 52.8 Å². The Morgan fingerprint density at radius 3 is 1.91 bits per heavy atom. The first-order valence-corrected chi connectivity index (χ1v) is 22.8. The van der Waals surface area contributed by atoms with E-state index in [-0.39, 0.29) is 72.3 Å². The van der Waals surface area contributed by atoms with Crippen LogP contribution in [0.25, 0.3) is 0 Å². The van der Waals surface area contributed by atoms with Gasteiger partial charge in [-0.05, 0) is 155 Å². The highest BCUT2D eigenvalue weighted by molar-refractivity contribution is 5.86. The largest absolute Gasteiger partial charge is 0.459 e. The molecule has 1 saturated heterocycles. The number of carbonyl (C=O) groups excluding carboxylic acids is 5. The number of hydrogen-bond donors (Lipinski definition) is 1. The standard InChI is InChI=1S/C17H26O4.C16H26O3.C14H20O4/c1-4-17(2,3)16(19)21-9-20-15-12-6-10-5-11(8-12)14(18)13(15)7-10;1-4-14(2,3)13(17)19-16-8-11-5-12(9-16)7-15(18,6-11)10-16;1-4-14(2,3)13(16)18-10-7-5-8-9(6-7)12(15)17-11(8)10/h10-13,15H,4-9H2,1-3H3;11-12,18H,4-10H2,1-3H3;7-11H,4-6H2,1-3H3. The van der Waals surface area contributed by atoms with Gasteiger partial charge < -0.3 is 28.8 Å². The number of Topliss-reactive ketones (excluding diaryl/α,β-unsaturated/α-hetero) is 1. The van der Waals surface area contributed by atoms with Crippen molar-refractivity contribution in [2.24, 2.45) is 69.5 Å². The predicted octanol–water partition coefficient (Wildman–Crippen LogP) is 7.91. The van der Waals surface area contributed by atoms with E-state index in [1.54, 1.807) is 0 Å². The van der Waals surface area contributed by atoms with E-state index in [4.69, 9.17) is 23.7 Å². The van der Waals surface area contributed by atoms with Gasteiger partial charge in [0.25, 0.3) is 0 Å². The lowest BCUT2D eigenvalue weighted by atomic mass is 9.52. The Morgan fingerprint density at radius 1 is 0.690 bits per heavy atom. The first-order chi connectivity index (χ1) is 27.1. The van der Waals surface area contributed by atoms with Gasteiger partial charge >= 0.3 is 23.9 Å². The Bertz CT molecular complexity index is 1600. The summed E-state index contributed by atoms with van der Waals surface area (Å²) in [6.07, 6.45) is 13.6. The van der Waals surface area contributed by atoms with Gasteiger partial charge in [-0.2, -0.15) is 0 Å². The molecule has 11 heteroatoms. The van der Waals surface area contributed by atoms with E-state index in [9.17, 15) is 29.1 Å². The smallest absolute Gasteiger partial charge is 0.313 e. The fraction of sp³-hybridized carbons (Fsp3) is 0.894. The summed E-state index contributed by atoms with van der Waals surface area (Å²) in [5.74, 6) is 3.21. The molecule has 0 amide bonds. The molecule has 326 valence electrons. The average Bonchev–Trinajstić information content (AvgIpc) is 3.79. The highest BCUT2D eigenvalue weighted by Crippen LogP contribution is 2.60.